The highest BCUT2D eigenvalue weighted by Crippen LogP contribution is 2.28. The zero-order valence-electron chi connectivity index (χ0n) is 9.65. The van der Waals surface area contributed by atoms with Crippen LogP contribution in [0, 0.1) is 11.6 Å². The first-order chi connectivity index (χ1) is 8.39. The third kappa shape index (κ3) is 2.68. The molecule has 7 heteroatoms. The molecule has 0 radical (unpaired) electrons. The lowest BCUT2D eigenvalue weighted by atomic mass is 10.2. The lowest BCUT2D eigenvalue weighted by Crippen LogP contribution is -2.18. The molecule has 4 nitrogen and oxygen atoms in total. The third-order valence-corrected chi connectivity index (χ3v) is 3.62. The Kier molecular flexibility index (Phi) is 3.65. The van der Waals surface area contributed by atoms with E-state index >= 15 is 0 Å². The molecule has 0 atom stereocenters. The molecule has 1 fully saturated rings. The molecule has 0 spiro atoms. The average molecular weight is 278 g/mol. The summed E-state index contributed by atoms with van der Waals surface area (Å²) < 4.78 is 60.1. The number of rotatable bonds is 2. The molecule has 1 aliphatic rings. The molecule has 0 saturated carbocycles. The van der Waals surface area contributed by atoms with E-state index in [9.17, 15) is 17.2 Å². The largest absolute Gasteiger partial charge is 0.348 e. The average Bonchev–Trinajstić information content (AvgIpc) is 2.27. The van der Waals surface area contributed by atoms with Gasteiger partial charge in [-0.1, -0.05) is 0 Å². The van der Waals surface area contributed by atoms with E-state index in [0.717, 1.165) is 18.4 Å². The van der Waals surface area contributed by atoms with Gasteiger partial charge in [-0.05, 0) is 18.6 Å². The second kappa shape index (κ2) is 4.91. The van der Waals surface area contributed by atoms with E-state index in [1.54, 1.807) is 0 Å². The highest BCUT2D eigenvalue weighted by Gasteiger charge is 2.24. The number of hydrogen-bond acceptors (Lipinski definition) is 4. The van der Waals surface area contributed by atoms with Crippen LogP contribution in [0.1, 0.15) is 18.3 Å². The standard InChI is InChI=1S/C11H12F2O4S/c1-18(14,15)10-8(12)5-7(6-9(10)13)11-16-3-2-4-17-11/h5-6,11H,2-4H2,1H3. The molecule has 0 aliphatic carbocycles. The number of halogens is 2. The van der Waals surface area contributed by atoms with Gasteiger partial charge in [0.05, 0.1) is 13.2 Å². The summed E-state index contributed by atoms with van der Waals surface area (Å²) in [6.45, 7) is 0.865. The summed E-state index contributed by atoms with van der Waals surface area (Å²) in [5.74, 6) is -2.27. The molecule has 18 heavy (non-hydrogen) atoms. The first-order valence-electron chi connectivity index (χ1n) is 5.32. The van der Waals surface area contributed by atoms with Crippen molar-refractivity contribution in [3.8, 4) is 0 Å². The Labute approximate surface area is 103 Å². The minimum Gasteiger partial charge on any atom is -0.348 e. The van der Waals surface area contributed by atoms with Gasteiger partial charge in [-0.2, -0.15) is 0 Å². The normalized spacial score (nSPS) is 17.9. The van der Waals surface area contributed by atoms with Crippen molar-refractivity contribution in [3.63, 3.8) is 0 Å². The highest BCUT2D eigenvalue weighted by molar-refractivity contribution is 7.90. The van der Waals surface area contributed by atoms with Gasteiger partial charge in [-0.15, -0.1) is 0 Å². The molecular formula is C11H12F2O4S. The summed E-state index contributed by atoms with van der Waals surface area (Å²) in [6, 6.07) is 1.85. The summed E-state index contributed by atoms with van der Waals surface area (Å²) in [5, 5.41) is 0. The zero-order valence-corrected chi connectivity index (χ0v) is 10.5. The van der Waals surface area contributed by atoms with Crippen molar-refractivity contribution in [1.82, 2.24) is 0 Å². The van der Waals surface area contributed by atoms with Crippen LogP contribution in [0.2, 0.25) is 0 Å². The molecule has 1 saturated heterocycles. The molecule has 1 aliphatic heterocycles. The van der Waals surface area contributed by atoms with Gasteiger partial charge >= 0.3 is 0 Å². The monoisotopic (exact) mass is 278 g/mol. The van der Waals surface area contributed by atoms with Crippen LogP contribution in [-0.4, -0.2) is 27.9 Å². The summed E-state index contributed by atoms with van der Waals surface area (Å²) >= 11 is 0. The molecule has 0 aromatic heterocycles. The van der Waals surface area contributed by atoms with Crippen LogP contribution in [0.5, 0.6) is 0 Å². The fraction of sp³-hybridized carbons (Fsp3) is 0.455. The summed E-state index contributed by atoms with van der Waals surface area (Å²) in [4.78, 5) is -0.929. The van der Waals surface area contributed by atoms with Crippen LogP contribution in [0.25, 0.3) is 0 Å². The number of hydrogen-bond donors (Lipinski definition) is 0. The van der Waals surface area contributed by atoms with Crippen LogP contribution in [0.15, 0.2) is 17.0 Å². The number of ether oxygens (including phenoxy) is 2. The molecule has 0 amide bonds. The van der Waals surface area contributed by atoms with E-state index in [2.05, 4.69) is 0 Å². The zero-order chi connectivity index (χ0) is 13.3. The third-order valence-electron chi connectivity index (χ3n) is 2.49. The first kappa shape index (κ1) is 13.4. The summed E-state index contributed by atoms with van der Waals surface area (Å²) in [5.41, 5.74) is 0.136. The second-order valence-corrected chi connectivity index (χ2v) is 5.97. The SMILES string of the molecule is CS(=O)(=O)c1c(F)cc(C2OCCCO2)cc1F. The lowest BCUT2D eigenvalue weighted by Gasteiger charge is -2.23. The van der Waals surface area contributed by atoms with Gasteiger partial charge < -0.3 is 9.47 Å². The minimum atomic E-state index is -3.94. The predicted molar refractivity (Wildman–Crippen MR) is 58.7 cm³/mol. The Morgan fingerprint density at radius 1 is 1.17 bits per heavy atom. The molecule has 1 heterocycles. The van der Waals surface area contributed by atoms with Crippen molar-refractivity contribution in [2.24, 2.45) is 0 Å². The highest BCUT2D eigenvalue weighted by atomic mass is 32.2. The van der Waals surface area contributed by atoms with Crippen LogP contribution in [0.4, 0.5) is 8.78 Å². The van der Waals surface area contributed by atoms with Gasteiger partial charge in [0.25, 0.3) is 0 Å². The Balaban J connectivity index is 2.42. The quantitative estimate of drug-likeness (QED) is 0.828. The smallest absolute Gasteiger partial charge is 0.183 e. The molecular weight excluding hydrogens is 266 g/mol. The topological polar surface area (TPSA) is 52.6 Å². The molecule has 0 unspecified atom stereocenters. The maximum Gasteiger partial charge on any atom is 0.183 e. The maximum absolute atomic E-state index is 13.6. The van der Waals surface area contributed by atoms with E-state index < -0.39 is 32.7 Å². The van der Waals surface area contributed by atoms with Crippen LogP contribution in [0.3, 0.4) is 0 Å². The fourth-order valence-corrected chi connectivity index (χ4v) is 2.58. The van der Waals surface area contributed by atoms with Gasteiger partial charge in [0.15, 0.2) is 16.1 Å². The van der Waals surface area contributed by atoms with Gasteiger partial charge in [0.2, 0.25) is 0 Å². The van der Waals surface area contributed by atoms with Crippen LogP contribution in [-0.2, 0) is 19.3 Å². The van der Waals surface area contributed by atoms with E-state index in [1.807, 2.05) is 0 Å². The minimum absolute atomic E-state index is 0.136. The molecule has 100 valence electrons. The van der Waals surface area contributed by atoms with Gasteiger partial charge in [-0.3, -0.25) is 0 Å². The summed E-state index contributed by atoms with van der Waals surface area (Å²) in [7, 11) is -3.94. The maximum atomic E-state index is 13.6. The molecule has 0 bridgehead atoms. The number of sulfone groups is 1. The van der Waals surface area contributed by atoms with Crippen molar-refractivity contribution in [2.75, 3.05) is 19.5 Å². The van der Waals surface area contributed by atoms with Crippen molar-refractivity contribution in [2.45, 2.75) is 17.6 Å². The van der Waals surface area contributed by atoms with Crippen molar-refractivity contribution in [1.29, 1.82) is 0 Å². The number of benzene rings is 1. The molecule has 0 N–H and O–H groups in total. The Morgan fingerprint density at radius 3 is 2.11 bits per heavy atom. The van der Waals surface area contributed by atoms with Gasteiger partial charge in [-0.25, -0.2) is 17.2 Å². The van der Waals surface area contributed by atoms with Crippen LogP contribution < -0.4 is 0 Å². The van der Waals surface area contributed by atoms with Crippen molar-refractivity contribution in [3.05, 3.63) is 29.3 Å². The molecule has 2 rings (SSSR count). The van der Waals surface area contributed by atoms with Gasteiger partial charge in [0.1, 0.15) is 16.5 Å². The molecule has 1 aromatic carbocycles. The van der Waals surface area contributed by atoms with E-state index in [0.29, 0.717) is 19.6 Å². The Hall–Kier alpha value is -1.05. The first-order valence-corrected chi connectivity index (χ1v) is 7.21. The Bertz CT molecular complexity index is 527. The Morgan fingerprint density at radius 2 is 1.67 bits per heavy atom. The fourth-order valence-electron chi connectivity index (χ4n) is 1.75. The second-order valence-electron chi connectivity index (χ2n) is 4.01. The molecule has 1 aromatic rings. The van der Waals surface area contributed by atoms with Crippen molar-refractivity contribution >= 4 is 9.84 Å². The van der Waals surface area contributed by atoms with E-state index in [-0.39, 0.29) is 5.56 Å². The van der Waals surface area contributed by atoms with Crippen molar-refractivity contribution < 1.29 is 26.7 Å². The van der Waals surface area contributed by atoms with Crippen LogP contribution >= 0.6 is 0 Å². The van der Waals surface area contributed by atoms with E-state index in [4.69, 9.17) is 9.47 Å². The van der Waals surface area contributed by atoms with E-state index in [1.165, 1.54) is 0 Å². The van der Waals surface area contributed by atoms with Gasteiger partial charge in [0, 0.05) is 11.8 Å². The lowest BCUT2D eigenvalue weighted by molar-refractivity contribution is -0.183. The predicted octanol–water partition coefficient (Wildman–Crippen LogP) is 1.80. The summed E-state index contributed by atoms with van der Waals surface area (Å²) in [6.07, 6.45) is 0.612.